The minimum atomic E-state index is 0.0146. The molecule has 5 nitrogen and oxygen atoms in total. The summed E-state index contributed by atoms with van der Waals surface area (Å²) in [5, 5.41) is 10.3. The van der Waals surface area contributed by atoms with Gasteiger partial charge in [-0.15, -0.1) is 0 Å². The number of hydrogen-bond donors (Lipinski definition) is 1. The average Bonchev–Trinajstić information content (AvgIpc) is 3.17. The highest BCUT2D eigenvalue weighted by atomic mass is 16.3. The molecule has 2 aromatic rings. The molecule has 2 aliphatic rings. The van der Waals surface area contributed by atoms with Gasteiger partial charge >= 0.3 is 0 Å². The Labute approximate surface area is 156 Å². The van der Waals surface area contributed by atoms with E-state index in [1.54, 1.807) is 0 Å². The molecule has 1 N–H and O–H groups in total. The molecule has 140 valence electrons. The van der Waals surface area contributed by atoms with Gasteiger partial charge in [0.25, 0.3) is 0 Å². The minimum Gasteiger partial charge on any atom is -0.396 e. The summed E-state index contributed by atoms with van der Waals surface area (Å²) in [4.78, 5) is 9.47. The molecule has 0 radical (unpaired) electrons. The Hall–Kier alpha value is -1.69. The number of piperidine rings is 1. The van der Waals surface area contributed by atoms with Gasteiger partial charge in [-0.25, -0.2) is 4.98 Å². The van der Waals surface area contributed by atoms with Gasteiger partial charge in [0.05, 0.1) is 12.3 Å². The third kappa shape index (κ3) is 3.31. The van der Waals surface area contributed by atoms with E-state index in [0.717, 1.165) is 45.1 Å². The Morgan fingerprint density at radius 3 is 2.62 bits per heavy atom. The second kappa shape index (κ2) is 7.14. The van der Waals surface area contributed by atoms with E-state index in [9.17, 15) is 5.11 Å². The van der Waals surface area contributed by atoms with Crippen molar-refractivity contribution in [2.24, 2.45) is 18.4 Å². The average molecular weight is 354 g/mol. The third-order valence-corrected chi connectivity index (χ3v) is 6.48. The van der Waals surface area contributed by atoms with Crippen LogP contribution in [0.3, 0.4) is 0 Å². The van der Waals surface area contributed by atoms with Gasteiger partial charge in [-0.3, -0.25) is 9.80 Å². The van der Waals surface area contributed by atoms with E-state index in [1.807, 2.05) is 13.1 Å². The molecule has 2 saturated heterocycles. The second-order valence-corrected chi connectivity index (χ2v) is 8.23. The van der Waals surface area contributed by atoms with Crippen LogP contribution >= 0.6 is 0 Å². The van der Waals surface area contributed by atoms with Gasteiger partial charge in [0.2, 0.25) is 0 Å². The molecular formula is C21H30N4O. The topological polar surface area (TPSA) is 44.5 Å². The summed E-state index contributed by atoms with van der Waals surface area (Å²) in [6, 6.07) is 10.7. The molecule has 0 amide bonds. The zero-order valence-corrected chi connectivity index (χ0v) is 15.9. The Bertz CT molecular complexity index is 744. The molecule has 3 heterocycles. The third-order valence-electron chi connectivity index (χ3n) is 6.48. The van der Waals surface area contributed by atoms with E-state index in [-0.39, 0.29) is 12.0 Å². The summed E-state index contributed by atoms with van der Waals surface area (Å²) in [6.45, 7) is 8.41. The van der Waals surface area contributed by atoms with Crippen LogP contribution in [0, 0.1) is 18.3 Å². The van der Waals surface area contributed by atoms with Crippen molar-refractivity contribution in [3.8, 4) is 0 Å². The number of likely N-dealkylation sites (tertiary alicyclic amines) is 2. The standard InChI is InChI=1S/C21H30N4O/c1-17-22-10-20(23(17)2)13-24-9-8-19-12-25(15-21(19,14-24)16-26)11-18-6-4-3-5-7-18/h3-7,10,19,26H,8-9,11-16H2,1-2H3/t19-,21+/m0/s1. The van der Waals surface area contributed by atoms with E-state index in [1.165, 1.54) is 17.7 Å². The van der Waals surface area contributed by atoms with Crippen molar-refractivity contribution >= 4 is 0 Å². The van der Waals surface area contributed by atoms with Crippen LogP contribution in [-0.4, -0.2) is 57.2 Å². The lowest BCUT2D eigenvalue weighted by Gasteiger charge is -2.43. The number of nitrogens with zero attached hydrogens (tertiary/aromatic N) is 4. The summed E-state index contributed by atoms with van der Waals surface area (Å²) in [5.74, 6) is 1.65. The molecule has 0 saturated carbocycles. The van der Waals surface area contributed by atoms with Crippen LogP contribution in [0.15, 0.2) is 36.5 Å². The van der Waals surface area contributed by atoms with Crippen LogP contribution in [0.2, 0.25) is 0 Å². The molecule has 4 rings (SSSR count). The van der Waals surface area contributed by atoms with Crippen molar-refractivity contribution in [2.45, 2.75) is 26.4 Å². The van der Waals surface area contributed by atoms with Gasteiger partial charge in [-0.2, -0.15) is 0 Å². The van der Waals surface area contributed by atoms with E-state index >= 15 is 0 Å². The Morgan fingerprint density at radius 1 is 1.15 bits per heavy atom. The van der Waals surface area contributed by atoms with Crippen LogP contribution in [-0.2, 0) is 20.1 Å². The Balaban J connectivity index is 1.44. The van der Waals surface area contributed by atoms with Gasteiger partial charge in [0.1, 0.15) is 5.82 Å². The summed E-state index contributed by atoms with van der Waals surface area (Å²) in [5.41, 5.74) is 2.63. The lowest BCUT2D eigenvalue weighted by atomic mass is 9.74. The zero-order valence-electron chi connectivity index (χ0n) is 15.9. The number of imidazole rings is 1. The lowest BCUT2D eigenvalue weighted by molar-refractivity contribution is 0.00664. The van der Waals surface area contributed by atoms with Crippen LogP contribution in [0.5, 0.6) is 0 Å². The second-order valence-electron chi connectivity index (χ2n) is 8.23. The number of hydrogen-bond acceptors (Lipinski definition) is 4. The summed E-state index contributed by atoms with van der Waals surface area (Å²) >= 11 is 0. The van der Waals surface area contributed by atoms with Crippen molar-refractivity contribution < 1.29 is 5.11 Å². The van der Waals surface area contributed by atoms with Gasteiger partial charge in [-0.1, -0.05) is 30.3 Å². The fourth-order valence-corrected chi connectivity index (χ4v) is 4.83. The first-order valence-electron chi connectivity index (χ1n) is 9.66. The van der Waals surface area contributed by atoms with Crippen LogP contribution in [0.1, 0.15) is 23.5 Å². The fraction of sp³-hybridized carbons (Fsp3) is 0.571. The van der Waals surface area contributed by atoms with Crippen molar-refractivity contribution in [1.29, 1.82) is 0 Å². The zero-order chi connectivity index (χ0) is 18.1. The highest BCUT2D eigenvalue weighted by Crippen LogP contribution is 2.42. The molecule has 0 unspecified atom stereocenters. The van der Waals surface area contributed by atoms with E-state index in [2.05, 4.69) is 56.7 Å². The summed E-state index contributed by atoms with van der Waals surface area (Å²) < 4.78 is 2.17. The quantitative estimate of drug-likeness (QED) is 0.893. The Kier molecular flexibility index (Phi) is 4.86. The van der Waals surface area contributed by atoms with Crippen molar-refractivity contribution in [3.05, 3.63) is 53.6 Å². The molecule has 2 fully saturated rings. The maximum Gasteiger partial charge on any atom is 0.105 e. The predicted molar refractivity (Wildman–Crippen MR) is 103 cm³/mol. The molecular weight excluding hydrogens is 324 g/mol. The SMILES string of the molecule is Cc1ncc(CN2CC[C@H]3CN(Cc4ccccc4)C[C@@]3(CO)C2)n1C. The maximum atomic E-state index is 10.3. The van der Waals surface area contributed by atoms with E-state index < -0.39 is 0 Å². The molecule has 1 aromatic carbocycles. The molecule has 0 bridgehead atoms. The van der Waals surface area contributed by atoms with Crippen molar-refractivity contribution in [1.82, 2.24) is 19.4 Å². The molecule has 26 heavy (non-hydrogen) atoms. The van der Waals surface area contributed by atoms with Gasteiger partial charge in [0.15, 0.2) is 0 Å². The number of aromatic nitrogens is 2. The highest BCUT2D eigenvalue weighted by molar-refractivity contribution is 5.15. The first-order valence-corrected chi connectivity index (χ1v) is 9.66. The number of aliphatic hydroxyl groups excluding tert-OH is 1. The molecule has 1 aromatic heterocycles. The molecule has 2 aliphatic heterocycles. The van der Waals surface area contributed by atoms with Gasteiger partial charge < -0.3 is 9.67 Å². The smallest absolute Gasteiger partial charge is 0.105 e. The van der Waals surface area contributed by atoms with Crippen LogP contribution in [0.4, 0.5) is 0 Å². The molecule has 0 spiro atoms. The maximum absolute atomic E-state index is 10.3. The summed E-state index contributed by atoms with van der Waals surface area (Å²) in [6.07, 6.45) is 3.16. The van der Waals surface area contributed by atoms with Crippen LogP contribution in [0.25, 0.3) is 0 Å². The Morgan fingerprint density at radius 2 is 1.92 bits per heavy atom. The largest absolute Gasteiger partial charge is 0.396 e. The number of rotatable bonds is 5. The van der Waals surface area contributed by atoms with Crippen molar-refractivity contribution in [3.63, 3.8) is 0 Å². The van der Waals surface area contributed by atoms with Gasteiger partial charge in [0, 0.05) is 51.4 Å². The molecule has 2 atom stereocenters. The molecule has 0 aliphatic carbocycles. The van der Waals surface area contributed by atoms with Crippen molar-refractivity contribution in [2.75, 3.05) is 32.8 Å². The first kappa shape index (κ1) is 17.7. The molecule has 5 heteroatoms. The predicted octanol–water partition coefficient (Wildman–Crippen LogP) is 2.04. The highest BCUT2D eigenvalue weighted by Gasteiger charge is 2.49. The van der Waals surface area contributed by atoms with E-state index in [4.69, 9.17) is 0 Å². The first-order chi connectivity index (χ1) is 12.6. The summed E-state index contributed by atoms with van der Waals surface area (Å²) in [7, 11) is 2.09. The number of aryl methyl sites for hydroxylation is 1. The normalized spacial score (nSPS) is 27.0. The lowest BCUT2D eigenvalue weighted by Crippen LogP contribution is -2.50. The number of aliphatic hydroxyl groups is 1. The van der Waals surface area contributed by atoms with Gasteiger partial charge in [-0.05, 0) is 31.4 Å². The van der Waals surface area contributed by atoms with Crippen LogP contribution < -0.4 is 0 Å². The monoisotopic (exact) mass is 354 g/mol. The van der Waals surface area contributed by atoms with E-state index in [0.29, 0.717) is 5.92 Å². The number of benzene rings is 1. The fourth-order valence-electron chi connectivity index (χ4n) is 4.83. The minimum absolute atomic E-state index is 0.0146. The number of fused-ring (bicyclic) bond motifs is 1.